The maximum atomic E-state index is 12.3. The summed E-state index contributed by atoms with van der Waals surface area (Å²) in [5.41, 5.74) is -0.0786. The molecule has 1 amide bonds. The van der Waals surface area contributed by atoms with Gasteiger partial charge in [0.15, 0.2) is 5.17 Å². The lowest BCUT2D eigenvalue weighted by Gasteiger charge is -2.10. The minimum absolute atomic E-state index is 0.0308. The van der Waals surface area contributed by atoms with Gasteiger partial charge in [0.05, 0.1) is 21.8 Å². The fourth-order valence-electron chi connectivity index (χ4n) is 1.67. The lowest BCUT2D eigenvalue weighted by atomic mass is 10.2. The summed E-state index contributed by atoms with van der Waals surface area (Å²) in [7, 11) is 1.15. The van der Waals surface area contributed by atoms with Gasteiger partial charge in [-0.05, 0) is 46.5 Å². The summed E-state index contributed by atoms with van der Waals surface area (Å²) >= 11 is 2.44. The number of nitrogens with zero attached hydrogens (tertiary/aromatic N) is 2. The number of hydrogen-bond donors (Lipinski definition) is 2. The smallest absolute Gasteiger partial charge is 0.506 e. The van der Waals surface area contributed by atoms with Crippen molar-refractivity contribution in [2.24, 2.45) is 10.2 Å². The van der Waals surface area contributed by atoms with Crippen molar-refractivity contribution in [1.82, 2.24) is 5.32 Å². The molecule has 0 atom stereocenters. The number of thioether (sulfide) groups is 1. The van der Waals surface area contributed by atoms with Gasteiger partial charge in [-0.15, -0.1) is 18.3 Å². The second kappa shape index (κ2) is 8.60. The van der Waals surface area contributed by atoms with Crippen LogP contribution in [0.4, 0.5) is 13.2 Å². The van der Waals surface area contributed by atoms with Gasteiger partial charge in [-0.1, -0.05) is 0 Å². The molecule has 13 heteroatoms. The first-order valence-electron chi connectivity index (χ1n) is 6.77. The summed E-state index contributed by atoms with van der Waals surface area (Å²) in [4.78, 5) is 22.8. The van der Waals surface area contributed by atoms with E-state index in [2.05, 4.69) is 25.0 Å². The van der Waals surface area contributed by atoms with Crippen molar-refractivity contribution in [3.05, 3.63) is 32.2 Å². The monoisotopic (exact) mass is 515 g/mol. The minimum Gasteiger partial charge on any atom is -0.506 e. The number of nitrogens with one attached hydrogen (secondary N) is 1. The van der Waals surface area contributed by atoms with Gasteiger partial charge in [0.2, 0.25) is 0 Å². The number of ether oxygens (including phenoxy) is 2. The van der Waals surface area contributed by atoms with E-state index in [1.54, 1.807) is 22.6 Å². The van der Waals surface area contributed by atoms with Gasteiger partial charge in [-0.25, -0.2) is 4.79 Å². The normalized spacial score (nSPS) is 17.6. The summed E-state index contributed by atoms with van der Waals surface area (Å²) in [6, 6.07) is 1.93. The van der Waals surface area contributed by atoms with E-state index in [0.717, 1.165) is 43.3 Å². The van der Waals surface area contributed by atoms with Crippen LogP contribution in [-0.2, 0) is 14.3 Å². The molecule has 0 bridgehead atoms. The number of alkyl halides is 3. The Bertz CT molecular complexity index is 870. The molecule has 0 aliphatic carbocycles. The molecule has 2 N–H and O–H groups in total. The lowest BCUT2D eigenvalue weighted by Crippen LogP contribution is -2.19. The predicted octanol–water partition coefficient (Wildman–Crippen LogP) is 2.51. The zero-order valence-electron chi connectivity index (χ0n) is 13.2. The van der Waals surface area contributed by atoms with Crippen LogP contribution in [0.2, 0.25) is 0 Å². The Morgan fingerprint density at radius 3 is 2.74 bits per heavy atom. The number of hydrogen-bond acceptors (Lipinski definition) is 8. The van der Waals surface area contributed by atoms with Gasteiger partial charge in [0.1, 0.15) is 11.5 Å². The Hall–Kier alpha value is -2.29. The molecule has 0 radical (unpaired) electrons. The average molecular weight is 515 g/mol. The maximum Gasteiger partial charge on any atom is 0.573 e. The van der Waals surface area contributed by atoms with E-state index < -0.39 is 24.0 Å². The third-order valence-corrected chi connectivity index (χ3v) is 4.47. The highest BCUT2D eigenvalue weighted by Gasteiger charge is 2.31. The van der Waals surface area contributed by atoms with Crippen molar-refractivity contribution in [3.8, 4) is 11.5 Å². The van der Waals surface area contributed by atoms with E-state index in [0.29, 0.717) is 0 Å². The fraction of sp³-hybridized carbons (Fsp3) is 0.143. The Balaban J connectivity index is 2.19. The standard InChI is InChI=1S/C14H9F3IN3O5S/c1-25-10(22)4-9-12(24)20-13(27-9)21-19-5-6-2-7(26-14(15,16)17)3-8(18)11(6)23/h2-5,23H,1H3,(H,20,21,24)/b9-4+,19-5?. The number of aromatic hydroxyl groups is 1. The molecule has 1 aliphatic rings. The van der Waals surface area contributed by atoms with Crippen molar-refractivity contribution in [3.63, 3.8) is 0 Å². The van der Waals surface area contributed by atoms with E-state index >= 15 is 0 Å². The van der Waals surface area contributed by atoms with E-state index in [-0.39, 0.29) is 25.0 Å². The molecular formula is C14H9F3IN3O5S. The van der Waals surface area contributed by atoms with Crippen LogP contribution < -0.4 is 10.1 Å². The van der Waals surface area contributed by atoms with Crippen molar-refractivity contribution in [1.29, 1.82) is 0 Å². The largest absolute Gasteiger partial charge is 0.573 e. The molecule has 0 spiro atoms. The highest BCUT2D eigenvalue weighted by molar-refractivity contribution is 14.1. The van der Waals surface area contributed by atoms with Crippen LogP contribution in [0.25, 0.3) is 0 Å². The summed E-state index contributed by atoms with van der Waals surface area (Å²) < 4.78 is 45.3. The van der Waals surface area contributed by atoms with Crippen LogP contribution in [-0.4, -0.2) is 41.8 Å². The number of carbonyl (C=O) groups excluding carboxylic acids is 2. The van der Waals surface area contributed by atoms with Crippen molar-refractivity contribution >= 4 is 57.6 Å². The SMILES string of the molecule is COC(=O)/C=C1/S/C(=N\N=Cc2cc(OC(F)(F)F)cc(I)c2O)NC1=O. The molecule has 27 heavy (non-hydrogen) atoms. The van der Waals surface area contributed by atoms with Crippen molar-refractivity contribution < 1.29 is 37.3 Å². The number of amides is 1. The predicted molar refractivity (Wildman–Crippen MR) is 98.4 cm³/mol. The third-order valence-electron chi connectivity index (χ3n) is 2.75. The number of methoxy groups -OCH3 is 1. The molecule has 0 aromatic heterocycles. The van der Waals surface area contributed by atoms with E-state index in [9.17, 15) is 27.9 Å². The Labute approximate surface area is 167 Å². The average Bonchev–Trinajstić information content (AvgIpc) is 2.90. The maximum absolute atomic E-state index is 12.3. The lowest BCUT2D eigenvalue weighted by molar-refractivity contribution is -0.274. The first-order chi connectivity index (χ1) is 12.6. The highest BCUT2D eigenvalue weighted by atomic mass is 127. The molecule has 1 heterocycles. The number of rotatable bonds is 4. The van der Waals surface area contributed by atoms with Crippen LogP contribution in [0.5, 0.6) is 11.5 Å². The quantitative estimate of drug-likeness (QED) is 0.210. The first kappa shape index (κ1) is 21.0. The first-order valence-corrected chi connectivity index (χ1v) is 8.66. The fourth-order valence-corrected chi connectivity index (χ4v) is 3.03. The topological polar surface area (TPSA) is 110 Å². The summed E-state index contributed by atoms with van der Waals surface area (Å²) in [5.74, 6) is -2.16. The van der Waals surface area contributed by atoms with E-state index in [1.807, 2.05) is 0 Å². The van der Waals surface area contributed by atoms with Gasteiger partial charge in [-0.3, -0.25) is 10.1 Å². The summed E-state index contributed by atoms with van der Waals surface area (Å²) in [6.45, 7) is 0. The molecule has 2 rings (SSSR count). The number of esters is 1. The molecule has 0 unspecified atom stereocenters. The number of phenolic OH excluding ortho intramolecular Hbond substituents is 1. The van der Waals surface area contributed by atoms with Crippen LogP contribution in [0, 0.1) is 3.57 Å². The molecule has 1 aliphatic heterocycles. The zero-order valence-corrected chi connectivity index (χ0v) is 16.2. The van der Waals surface area contributed by atoms with Crippen molar-refractivity contribution in [2.75, 3.05) is 7.11 Å². The molecular weight excluding hydrogens is 506 g/mol. The Morgan fingerprint density at radius 2 is 2.11 bits per heavy atom. The molecule has 1 fully saturated rings. The Morgan fingerprint density at radius 1 is 1.41 bits per heavy atom. The number of halogens is 4. The van der Waals surface area contributed by atoms with Gasteiger partial charge >= 0.3 is 12.3 Å². The number of amidine groups is 1. The number of phenols is 1. The molecule has 144 valence electrons. The molecule has 1 saturated heterocycles. The molecule has 1 aromatic carbocycles. The summed E-state index contributed by atoms with van der Waals surface area (Å²) in [6.07, 6.45) is -2.93. The number of carbonyl (C=O) groups is 2. The highest BCUT2D eigenvalue weighted by Crippen LogP contribution is 2.31. The van der Waals surface area contributed by atoms with Crippen LogP contribution in [0.1, 0.15) is 5.56 Å². The Kier molecular flexibility index (Phi) is 6.69. The third kappa shape index (κ3) is 6.13. The second-order valence-electron chi connectivity index (χ2n) is 4.63. The number of benzene rings is 1. The van der Waals surface area contributed by atoms with Crippen LogP contribution >= 0.6 is 34.4 Å². The molecule has 0 saturated carbocycles. The second-order valence-corrected chi connectivity index (χ2v) is 6.82. The molecule has 8 nitrogen and oxygen atoms in total. The van der Waals surface area contributed by atoms with E-state index in [1.165, 1.54) is 0 Å². The van der Waals surface area contributed by atoms with Gasteiger partial charge in [-0.2, -0.15) is 5.10 Å². The van der Waals surface area contributed by atoms with Gasteiger partial charge in [0.25, 0.3) is 5.91 Å². The van der Waals surface area contributed by atoms with Crippen LogP contribution in [0.15, 0.2) is 33.3 Å². The minimum atomic E-state index is -4.89. The van der Waals surface area contributed by atoms with Gasteiger partial charge in [0, 0.05) is 11.6 Å². The molecule has 1 aromatic rings. The van der Waals surface area contributed by atoms with Crippen LogP contribution in [0.3, 0.4) is 0 Å². The zero-order chi connectivity index (χ0) is 20.2. The summed E-state index contributed by atoms with van der Waals surface area (Å²) in [5, 5.41) is 19.6. The van der Waals surface area contributed by atoms with Gasteiger partial charge < -0.3 is 14.6 Å². The van der Waals surface area contributed by atoms with E-state index in [4.69, 9.17) is 0 Å². The van der Waals surface area contributed by atoms with Crippen molar-refractivity contribution in [2.45, 2.75) is 6.36 Å².